The molecular formula is C26H34O7. The van der Waals surface area contributed by atoms with E-state index >= 15 is 0 Å². The Morgan fingerprint density at radius 1 is 1.12 bits per heavy atom. The number of ether oxygens (including phenoxy) is 3. The summed E-state index contributed by atoms with van der Waals surface area (Å²) in [5.41, 5.74) is -2.80. The lowest BCUT2D eigenvalue weighted by molar-refractivity contribution is -0.237. The van der Waals surface area contributed by atoms with Gasteiger partial charge in [-0.15, -0.1) is 0 Å². The number of fused-ring (bicyclic) bond motifs is 5. The molecule has 33 heavy (non-hydrogen) atoms. The maximum Gasteiger partial charge on any atom is 0.330 e. The molecule has 3 fully saturated rings. The Labute approximate surface area is 194 Å². The standard InChI is InChI=1S/C26H34O7/c1-13-11-17-24(6)10-9-19(28)33-23(4,5)16(24)12-18(32-15(3)27)26(17,8)20-22(30)31-14(2)21(29)25(13,20)7/h9-10,14,16-18,20H,1,11-12H2,2-8H3/t14-,16-,17+,18-,20-,24+,25-,26+/m1/s1. The third-order valence-electron chi connectivity index (χ3n) is 9.28. The van der Waals surface area contributed by atoms with Crippen LogP contribution in [0.5, 0.6) is 0 Å². The van der Waals surface area contributed by atoms with Crippen molar-refractivity contribution in [3.8, 4) is 0 Å². The van der Waals surface area contributed by atoms with Crippen LogP contribution in [0.15, 0.2) is 24.3 Å². The molecule has 2 aliphatic carbocycles. The van der Waals surface area contributed by atoms with Crippen molar-refractivity contribution >= 4 is 23.7 Å². The zero-order valence-electron chi connectivity index (χ0n) is 20.5. The molecule has 4 rings (SSSR count). The maximum atomic E-state index is 13.5. The average molecular weight is 459 g/mol. The molecule has 8 atom stereocenters. The molecule has 2 heterocycles. The largest absolute Gasteiger partial charge is 0.462 e. The summed E-state index contributed by atoms with van der Waals surface area (Å²) in [7, 11) is 0. The van der Waals surface area contributed by atoms with Crippen LogP contribution in [0.1, 0.15) is 61.3 Å². The second kappa shape index (κ2) is 7.03. The highest BCUT2D eigenvalue weighted by Gasteiger charge is 2.73. The van der Waals surface area contributed by atoms with E-state index in [9.17, 15) is 19.2 Å². The van der Waals surface area contributed by atoms with Gasteiger partial charge < -0.3 is 14.2 Å². The van der Waals surface area contributed by atoms with Gasteiger partial charge in [0.1, 0.15) is 11.7 Å². The fourth-order valence-corrected chi connectivity index (χ4v) is 7.75. The maximum absolute atomic E-state index is 13.5. The lowest BCUT2D eigenvalue weighted by Crippen LogP contribution is -2.71. The van der Waals surface area contributed by atoms with E-state index in [2.05, 4.69) is 13.5 Å². The molecular weight excluding hydrogens is 424 g/mol. The van der Waals surface area contributed by atoms with E-state index in [-0.39, 0.29) is 17.6 Å². The molecule has 7 heteroatoms. The molecule has 0 aromatic rings. The number of rotatable bonds is 1. The average Bonchev–Trinajstić information content (AvgIpc) is 2.76. The van der Waals surface area contributed by atoms with Gasteiger partial charge in [0.15, 0.2) is 11.9 Å². The van der Waals surface area contributed by atoms with Crippen molar-refractivity contribution in [3.63, 3.8) is 0 Å². The zero-order chi connectivity index (χ0) is 24.7. The highest BCUT2D eigenvalue weighted by molar-refractivity contribution is 6.00. The third-order valence-corrected chi connectivity index (χ3v) is 9.28. The number of hydrogen-bond acceptors (Lipinski definition) is 7. The minimum Gasteiger partial charge on any atom is -0.462 e. The van der Waals surface area contributed by atoms with Gasteiger partial charge in [-0.3, -0.25) is 14.4 Å². The normalized spacial score (nSPS) is 46.2. The van der Waals surface area contributed by atoms with Gasteiger partial charge in [-0.1, -0.05) is 32.1 Å². The smallest absolute Gasteiger partial charge is 0.330 e. The van der Waals surface area contributed by atoms with Crippen LogP contribution in [0.25, 0.3) is 0 Å². The van der Waals surface area contributed by atoms with E-state index in [4.69, 9.17) is 14.2 Å². The lowest BCUT2D eigenvalue weighted by Gasteiger charge is -2.67. The summed E-state index contributed by atoms with van der Waals surface area (Å²) < 4.78 is 17.2. The molecule has 2 aliphatic heterocycles. The number of carbonyl (C=O) groups is 4. The van der Waals surface area contributed by atoms with E-state index in [1.165, 1.54) is 13.0 Å². The van der Waals surface area contributed by atoms with Crippen molar-refractivity contribution in [1.82, 2.24) is 0 Å². The Bertz CT molecular complexity index is 993. The van der Waals surface area contributed by atoms with Crippen LogP contribution in [0.4, 0.5) is 0 Å². The molecule has 0 radical (unpaired) electrons. The summed E-state index contributed by atoms with van der Waals surface area (Å²) in [6, 6.07) is 0. The Morgan fingerprint density at radius 2 is 1.76 bits per heavy atom. The summed E-state index contributed by atoms with van der Waals surface area (Å²) in [6.45, 7) is 16.7. The van der Waals surface area contributed by atoms with Gasteiger partial charge in [0, 0.05) is 24.3 Å². The first kappa shape index (κ1) is 23.7. The fourth-order valence-electron chi connectivity index (χ4n) is 7.75. The highest BCUT2D eigenvalue weighted by Crippen LogP contribution is 2.70. The Kier molecular flexibility index (Phi) is 5.05. The number of esters is 3. The van der Waals surface area contributed by atoms with Crippen LogP contribution in [0.3, 0.4) is 0 Å². The Balaban J connectivity index is 1.98. The third kappa shape index (κ3) is 3.00. The Morgan fingerprint density at radius 3 is 2.36 bits per heavy atom. The van der Waals surface area contributed by atoms with Crippen LogP contribution >= 0.6 is 0 Å². The number of cyclic esters (lactones) is 2. The summed E-state index contributed by atoms with van der Waals surface area (Å²) in [6.07, 6.45) is 2.64. The van der Waals surface area contributed by atoms with E-state index in [1.807, 2.05) is 26.8 Å². The van der Waals surface area contributed by atoms with Crippen LogP contribution < -0.4 is 0 Å². The molecule has 4 aliphatic rings. The fraction of sp³-hybridized carbons (Fsp3) is 0.692. The molecule has 2 saturated carbocycles. The molecule has 180 valence electrons. The van der Waals surface area contributed by atoms with E-state index < -0.39 is 57.9 Å². The van der Waals surface area contributed by atoms with Crippen molar-refractivity contribution in [2.45, 2.75) is 79.1 Å². The summed E-state index contributed by atoms with van der Waals surface area (Å²) in [5.74, 6) is -2.85. The second-order valence-electron chi connectivity index (χ2n) is 11.4. The lowest BCUT2D eigenvalue weighted by atomic mass is 9.37. The summed E-state index contributed by atoms with van der Waals surface area (Å²) >= 11 is 0. The first-order valence-corrected chi connectivity index (χ1v) is 11.6. The molecule has 0 spiro atoms. The summed E-state index contributed by atoms with van der Waals surface area (Å²) in [4.78, 5) is 51.6. The van der Waals surface area contributed by atoms with Crippen molar-refractivity contribution in [1.29, 1.82) is 0 Å². The van der Waals surface area contributed by atoms with Crippen molar-refractivity contribution in [2.24, 2.45) is 34.0 Å². The Hall–Kier alpha value is -2.44. The molecule has 0 aromatic carbocycles. The first-order valence-electron chi connectivity index (χ1n) is 11.6. The van der Waals surface area contributed by atoms with E-state index in [0.717, 1.165) is 0 Å². The number of carbonyl (C=O) groups excluding carboxylic acids is 4. The predicted octanol–water partition coefficient (Wildman–Crippen LogP) is 3.56. The quantitative estimate of drug-likeness (QED) is 0.337. The van der Waals surface area contributed by atoms with Crippen LogP contribution in [0.2, 0.25) is 0 Å². The molecule has 0 N–H and O–H groups in total. The van der Waals surface area contributed by atoms with Gasteiger partial charge in [0.05, 0.1) is 11.3 Å². The van der Waals surface area contributed by atoms with E-state index in [0.29, 0.717) is 18.4 Å². The monoisotopic (exact) mass is 458 g/mol. The van der Waals surface area contributed by atoms with E-state index in [1.54, 1.807) is 13.8 Å². The molecule has 0 aromatic heterocycles. The first-order chi connectivity index (χ1) is 15.1. The number of Topliss-reactive ketones (excluding diaryl/α,β-unsaturated/α-hetero) is 1. The minimum atomic E-state index is -1.13. The van der Waals surface area contributed by atoms with Crippen molar-refractivity contribution < 1.29 is 33.4 Å². The van der Waals surface area contributed by atoms with Gasteiger partial charge in [0.25, 0.3) is 0 Å². The number of hydrogen-bond donors (Lipinski definition) is 0. The second-order valence-corrected chi connectivity index (χ2v) is 11.4. The van der Waals surface area contributed by atoms with Gasteiger partial charge in [-0.05, 0) is 51.9 Å². The topological polar surface area (TPSA) is 96.0 Å². The molecule has 0 unspecified atom stereocenters. The SMILES string of the molecule is C=C1C[C@H]2[C@@]3(C)C=CC(=O)OC(C)(C)[C@H]3C[C@@H](OC(C)=O)[C@@]2(C)[C@@H]2C(=O)O[C@H](C)C(=O)[C@]12C. The molecule has 7 nitrogen and oxygen atoms in total. The molecule has 1 saturated heterocycles. The van der Waals surface area contributed by atoms with Crippen LogP contribution in [-0.2, 0) is 33.4 Å². The predicted molar refractivity (Wildman–Crippen MR) is 119 cm³/mol. The number of allylic oxidation sites excluding steroid dienone is 2. The van der Waals surface area contributed by atoms with Crippen LogP contribution in [-0.4, -0.2) is 41.5 Å². The molecule has 0 bridgehead atoms. The van der Waals surface area contributed by atoms with Crippen molar-refractivity contribution in [2.75, 3.05) is 0 Å². The van der Waals surface area contributed by atoms with Gasteiger partial charge in [0.2, 0.25) is 0 Å². The van der Waals surface area contributed by atoms with Crippen molar-refractivity contribution in [3.05, 3.63) is 24.3 Å². The highest BCUT2D eigenvalue weighted by atomic mass is 16.6. The van der Waals surface area contributed by atoms with Gasteiger partial charge >= 0.3 is 17.9 Å². The van der Waals surface area contributed by atoms with Gasteiger partial charge in [-0.25, -0.2) is 4.79 Å². The van der Waals surface area contributed by atoms with Gasteiger partial charge in [-0.2, -0.15) is 0 Å². The minimum absolute atomic E-state index is 0.180. The zero-order valence-corrected chi connectivity index (χ0v) is 20.5. The van der Waals surface area contributed by atoms with Crippen LogP contribution in [0, 0.1) is 34.0 Å². The molecule has 0 amide bonds. The number of ketones is 1. The summed E-state index contributed by atoms with van der Waals surface area (Å²) in [5, 5.41) is 0.